The zero-order valence-corrected chi connectivity index (χ0v) is 15.9. The summed E-state index contributed by atoms with van der Waals surface area (Å²) in [6, 6.07) is 5.77. The maximum atomic E-state index is 12.5. The lowest BCUT2D eigenvalue weighted by Crippen LogP contribution is -2.32. The minimum Gasteiger partial charge on any atom is -0.484 e. The Morgan fingerprint density at radius 1 is 1.03 bits per heavy atom. The van der Waals surface area contributed by atoms with E-state index in [9.17, 15) is 31.1 Å². The van der Waals surface area contributed by atoms with Gasteiger partial charge in [0.15, 0.2) is 13.2 Å². The third kappa shape index (κ3) is 7.12. The second-order valence-electron chi connectivity index (χ2n) is 6.34. The molecule has 0 fully saturated rings. The number of carbonyl (C=O) groups excluding carboxylic acids is 1. The van der Waals surface area contributed by atoms with Crippen LogP contribution in [0.25, 0.3) is 0 Å². The van der Waals surface area contributed by atoms with Gasteiger partial charge in [0.05, 0.1) is 11.6 Å². The molecule has 0 bridgehead atoms. The van der Waals surface area contributed by atoms with Crippen LogP contribution in [0.4, 0.5) is 26.3 Å². The zero-order chi connectivity index (χ0) is 22.5. The molecule has 164 valence electrons. The summed E-state index contributed by atoms with van der Waals surface area (Å²) in [5, 5.41) is 2.50. The number of aromatic nitrogens is 1. The molecule has 1 amide bonds. The quantitative estimate of drug-likeness (QED) is 0.645. The Morgan fingerprint density at radius 3 is 2.23 bits per heavy atom. The summed E-state index contributed by atoms with van der Waals surface area (Å²) >= 11 is 0. The van der Waals surface area contributed by atoms with Crippen LogP contribution in [0.2, 0.25) is 0 Å². The number of carbonyl (C=O) groups is 1. The first-order chi connectivity index (χ1) is 13.8. The molecule has 1 N–H and O–H groups in total. The lowest BCUT2D eigenvalue weighted by molar-refractivity contribution is -0.153. The van der Waals surface area contributed by atoms with E-state index in [0.29, 0.717) is 5.69 Å². The Labute approximate surface area is 168 Å². The fraction of sp³-hybridized carbons (Fsp3) is 0.368. The molecule has 0 unspecified atom stereocenters. The predicted molar refractivity (Wildman–Crippen MR) is 94.0 cm³/mol. The van der Waals surface area contributed by atoms with Crippen molar-refractivity contribution in [2.45, 2.75) is 32.2 Å². The predicted octanol–water partition coefficient (Wildman–Crippen LogP) is 4.61. The summed E-state index contributed by atoms with van der Waals surface area (Å²) in [6.45, 7) is 1.10. The largest absolute Gasteiger partial charge is 0.484 e. The van der Waals surface area contributed by atoms with Gasteiger partial charge in [-0.2, -0.15) is 26.3 Å². The minimum atomic E-state index is -4.54. The van der Waals surface area contributed by atoms with Crippen LogP contribution in [-0.4, -0.2) is 30.3 Å². The average molecular weight is 436 g/mol. The van der Waals surface area contributed by atoms with Gasteiger partial charge in [-0.1, -0.05) is 0 Å². The van der Waals surface area contributed by atoms with Gasteiger partial charge in [0.1, 0.15) is 17.2 Å². The first-order valence-corrected chi connectivity index (χ1v) is 8.61. The number of amides is 1. The number of halogens is 6. The zero-order valence-electron chi connectivity index (χ0n) is 15.9. The molecule has 0 aliphatic carbocycles. The van der Waals surface area contributed by atoms with Gasteiger partial charge < -0.3 is 14.8 Å². The second kappa shape index (κ2) is 9.23. The lowest BCUT2D eigenvalue weighted by Gasteiger charge is -2.19. The summed E-state index contributed by atoms with van der Waals surface area (Å²) in [6.07, 6.45) is -9.03. The van der Waals surface area contributed by atoms with E-state index in [4.69, 9.17) is 9.47 Å². The van der Waals surface area contributed by atoms with E-state index < -0.39 is 43.1 Å². The van der Waals surface area contributed by atoms with E-state index >= 15 is 0 Å². The van der Waals surface area contributed by atoms with Crippen molar-refractivity contribution in [1.29, 1.82) is 0 Å². The molecule has 11 heteroatoms. The summed E-state index contributed by atoms with van der Waals surface area (Å²) in [5.41, 5.74) is -0.251. The van der Waals surface area contributed by atoms with Crippen molar-refractivity contribution in [1.82, 2.24) is 10.3 Å². The van der Waals surface area contributed by atoms with E-state index in [-0.39, 0.29) is 17.2 Å². The molecule has 1 atom stereocenters. The molecule has 0 saturated carbocycles. The van der Waals surface area contributed by atoms with Gasteiger partial charge in [-0.05, 0) is 50.2 Å². The van der Waals surface area contributed by atoms with E-state index in [1.165, 1.54) is 19.1 Å². The molecule has 0 spiro atoms. The van der Waals surface area contributed by atoms with E-state index in [1.54, 1.807) is 6.92 Å². The maximum Gasteiger partial charge on any atom is 0.422 e. The molecule has 1 heterocycles. The van der Waals surface area contributed by atoms with Crippen molar-refractivity contribution >= 4 is 5.91 Å². The Balaban J connectivity index is 1.97. The topological polar surface area (TPSA) is 60.5 Å². The standard InChI is InChI=1S/C19H18F6N2O3/c1-11-3-8-15(30-10-18(20,21)22)17(26-11)12(2)27-16(28)9-29-14-6-4-13(5-7-14)19(23,24)25/h3-8,12H,9-10H2,1-2H3,(H,27,28)/t12-/m1/s1. The summed E-state index contributed by atoms with van der Waals surface area (Å²) in [7, 11) is 0. The van der Waals surface area contributed by atoms with E-state index in [0.717, 1.165) is 24.3 Å². The van der Waals surface area contributed by atoms with Crippen LogP contribution in [-0.2, 0) is 11.0 Å². The smallest absolute Gasteiger partial charge is 0.422 e. The van der Waals surface area contributed by atoms with Gasteiger partial charge in [0, 0.05) is 5.69 Å². The van der Waals surface area contributed by atoms with Crippen molar-refractivity contribution in [3.05, 3.63) is 53.3 Å². The molecule has 1 aromatic heterocycles. The van der Waals surface area contributed by atoms with Crippen LogP contribution in [0.5, 0.6) is 11.5 Å². The fourth-order valence-electron chi connectivity index (χ4n) is 2.40. The number of nitrogens with zero attached hydrogens (tertiary/aromatic N) is 1. The SMILES string of the molecule is Cc1ccc(OCC(F)(F)F)c([C@@H](C)NC(=O)COc2ccc(C(F)(F)F)cc2)n1. The molecular weight excluding hydrogens is 418 g/mol. The van der Waals surface area contributed by atoms with Gasteiger partial charge in [0.25, 0.3) is 5.91 Å². The molecule has 0 aliphatic rings. The molecule has 30 heavy (non-hydrogen) atoms. The highest BCUT2D eigenvalue weighted by molar-refractivity contribution is 5.78. The number of nitrogens with one attached hydrogen (secondary N) is 1. The summed E-state index contributed by atoms with van der Waals surface area (Å²) in [4.78, 5) is 16.2. The molecule has 0 saturated heterocycles. The highest BCUT2D eigenvalue weighted by Crippen LogP contribution is 2.30. The monoisotopic (exact) mass is 436 g/mol. The van der Waals surface area contributed by atoms with Crippen LogP contribution in [0.3, 0.4) is 0 Å². The molecule has 2 aromatic rings. The number of pyridine rings is 1. The first kappa shape index (κ1) is 23.3. The van der Waals surface area contributed by atoms with Gasteiger partial charge in [-0.3, -0.25) is 9.78 Å². The van der Waals surface area contributed by atoms with Gasteiger partial charge >= 0.3 is 12.4 Å². The second-order valence-corrected chi connectivity index (χ2v) is 6.34. The Hall–Kier alpha value is -2.98. The Bertz CT molecular complexity index is 866. The third-order valence-electron chi connectivity index (χ3n) is 3.76. The van der Waals surface area contributed by atoms with Crippen LogP contribution >= 0.6 is 0 Å². The number of aryl methyl sites for hydroxylation is 1. The van der Waals surface area contributed by atoms with Crippen molar-refractivity contribution in [2.24, 2.45) is 0 Å². The number of hydrogen-bond acceptors (Lipinski definition) is 4. The Kier molecular flexibility index (Phi) is 7.16. The molecule has 0 aliphatic heterocycles. The van der Waals surface area contributed by atoms with Crippen molar-refractivity contribution in [3.8, 4) is 11.5 Å². The van der Waals surface area contributed by atoms with Gasteiger partial charge in [-0.25, -0.2) is 0 Å². The minimum absolute atomic E-state index is 0.0497. The van der Waals surface area contributed by atoms with E-state index in [2.05, 4.69) is 10.3 Å². The van der Waals surface area contributed by atoms with Gasteiger partial charge in [-0.15, -0.1) is 0 Å². The number of alkyl halides is 6. The molecular formula is C19H18F6N2O3. The van der Waals surface area contributed by atoms with Crippen LogP contribution in [0, 0.1) is 6.92 Å². The summed E-state index contributed by atoms with van der Waals surface area (Å²) in [5.74, 6) is -0.726. The van der Waals surface area contributed by atoms with Crippen molar-refractivity contribution in [2.75, 3.05) is 13.2 Å². The summed E-state index contributed by atoms with van der Waals surface area (Å²) < 4.78 is 84.8. The molecule has 2 rings (SSSR count). The number of rotatable bonds is 7. The molecule has 0 radical (unpaired) electrons. The highest BCUT2D eigenvalue weighted by Gasteiger charge is 2.30. The number of ether oxygens (including phenoxy) is 2. The third-order valence-corrected chi connectivity index (χ3v) is 3.76. The van der Waals surface area contributed by atoms with Crippen molar-refractivity contribution in [3.63, 3.8) is 0 Å². The highest BCUT2D eigenvalue weighted by atomic mass is 19.4. The maximum absolute atomic E-state index is 12.5. The molecule has 1 aromatic carbocycles. The van der Waals surface area contributed by atoms with Crippen LogP contribution < -0.4 is 14.8 Å². The molecule has 5 nitrogen and oxygen atoms in total. The number of benzene rings is 1. The van der Waals surface area contributed by atoms with E-state index in [1.807, 2.05) is 0 Å². The first-order valence-electron chi connectivity index (χ1n) is 8.61. The number of hydrogen-bond donors (Lipinski definition) is 1. The van der Waals surface area contributed by atoms with Crippen molar-refractivity contribution < 1.29 is 40.6 Å². The van der Waals surface area contributed by atoms with Crippen LogP contribution in [0.15, 0.2) is 36.4 Å². The average Bonchev–Trinajstić information content (AvgIpc) is 2.64. The fourth-order valence-corrected chi connectivity index (χ4v) is 2.40. The van der Waals surface area contributed by atoms with Gasteiger partial charge in [0.2, 0.25) is 0 Å². The van der Waals surface area contributed by atoms with Crippen LogP contribution in [0.1, 0.15) is 29.9 Å². The Morgan fingerprint density at radius 2 is 1.67 bits per heavy atom. The normalized spacial score (nSPS) is 12.9. The lowest BCUT2D eigenvalue weighted by atomic mass is 10.1.